The van der Waals surface area contributed by atoms with Gasteiger partial charge in [-0.15, -0.1) is 0 Å². The number of amides is 6. The smallest absolute Gasteiger partial charge is 0.408 e. The van der Waals surface area contributed by atoms with Crippen LogP contribution in [0.2, 0.25) is 0 Å². The van der Waals surface area contributed by atoms with Crippen molar-refractivity contribution in [2.45, 2.75) is 62.9 Å². The zero-order valence-electron chi connectivity index (χ0n) is 24.6. The second-order valence-corrected chi connectivity index (χ2v) is 10.4. The molecule has 9 N–H and O–H groups in total. The first-order chi connectivity index (χ1) is 21.5. The van der Waals surface area contributed by atoms with Crippen LogP contribution in [0.4, 0.5) is 4.79 Å². The maximum Gasteiger partial charge on any atom is 0.408 e. The third-order valence-corrected chi connectivity index (χ3v) is 6.67. The summed E-state index contributed by atoms with van der Waals surface area (Å²) in [5.74, 6) is -3.34. The first-order valence-electron chi connectivity index (χ1n) is 14.3. The first-order valence-corrected chi connectivity index (χ1v) is 14.3. The van der Waals surface area contributed by atoms with Crippen molar-refractivity contribution in [1.29, 1.82) is 0 Å². The van der Waals surface area contributed by atoms with E-state index in [1.807, 2.05) is 0 Å². The fraction of sp³-hybridized carbons (Fsp3) is 0.400. The molecule has 4 atom stereocenters. The fourth-order valence-electron chi connectivity index (χ4n) is 4.10. The van der Waals surface area contributed by atoms with Gasteiger partial charge in [0.2, 0.25) is 29.5 Å². The summed E-state index contributed by atoms with van der Waals surface area (Å²) in [7, 11) is 0. The number of carbonyl (C=O) groups excluding carboxylic acids is 6. The second kappa shape index (κ2) is 17.2. The summed E-state index contributed by atoms with van der Waals surface area (Å²) in [6, 6.07) is 11.8. The highest BCUT2D eigenvalue weighted by molar-refractivity contribution is 5.94. The average Bonchev–Trinajstić information content (AvgIpc) is 3.84. The number of ether oxygens (including phenoxy) is 3. The number of carbonyl (C=O) groups is 6. The molecule has 1 aliphatic heterocycles. The number of primary amides is 3. The largest absolute Gasteiger partial charge is 0.491 e. The minimum absolute atomic E-state index is 0.0497. The van der Waals surface area contributed by atoms with Gasteiger partial charge >= 0.3 is 6.09 Å². The number of rotatable bonds is 19. The minimum atomic E-state index is -1.31. The highest BCUT2D eigenvalue weighted by atomic mass is 16.6. The Labute approximate surface area is 259 Å². The van der Waals surface area contributed by atoms with Crippen molar-refractivity contribution in [3.63, 3.8) is 0 Å². The molecule has 1 aliphatic rings. The van der Waals surface area contributed by atoms with Gasteiger partial charge in [0.25, 0.3) is 0 Å². The van der Waals surface area contributed by atoms with Crippen LogP contribution < -0.4 is 37.9 Å². The number of alkyl carbamates (subject to hydrolysis) is 1. The van der Waals surface area contributed by atoms with Crippen LogP contribution in [-0.4, -0.2) is 73.1 Å². The summed E-state index contributed by atoms with van der Waals surface area (Å²) in [6.07, 6.45) is -1.73. The molecule has 0 unspecified atom stereocenters. The third-order valence-electron chi connectivity index (χ3n) is 6.67. The van der Waals surface area contributed by atoms with Gasteiger partial charge in [-0.2, -0.15) is 0 Å². The van der Waals surface area contributed by atoms with Crippen molar-refractivity contribution in [2.24, 2.45) is 17.2 Å². The number of hydrogen-bond donors (Lipinski definition) is 6. The Morgan fingerprint density at radius 2 is 1.33 bits per heavy atom. The number of nitrogens with one attached hydrogen (secondary N) is 3. The summed E-state index contributed by atoms with van der Waals surface area (Å²) < 4.78 is 16.0. The number of hydrogen-bond acceptors (Lipinski definition) is 9. The third kappa shape index (κ3) is 12.9. The summed E-state index contributed by atoms with van der Waals surface area (Å²) in [5.41, 5.74) is 17.2. The molecule has 0 spiro atoms. The van der Waals surface area contributed by atoms with E-state index < -0.39 is 53.8 Å². The highest BCUT2D eigenvalue weighted by Crippen LogP contribution is 2.17. The Balaban J connectivity index is 1.74. The van der Waals surface area contributed by atoms with Gasteiger partial charge in [0.1, 0.15) is 43.2 Å². The summed E-state index contributed by atoms with van der Waals surface area (Å²) in [5, 5.41) is 7.44. The molecule has 45 heavy (non-hydrogen) atoms. The molecule has 15 nitrogen and oxygen atoms in total. The van der Waals surface area contributed by atoms with E-state index in [0.29, 0.717) is 30.1 Å². The van der Waals surface area contributed by atoms with Crippen LogP contribution in [0.5, 0.6) is 5.75 Å². The molecule has 1 saturated heterocycles. The maximum absolute atomic E-state index is 13.4. The van der Waals surface area contributed by atoms with Crippen LogP contribution in [0.1, 0.15) is 36.8 Å². The van der Waals surface area contributed by atoms with E-state index in [2.05, 4.69) is 16.0 Å². The molecule has 0 radical (unpaired) electrons. The monoisotopic (exact) mass is 626 g/mol. The van der Waals surface area contributed by atoms with Gasteiger partial charge in [0, 0.05) is 19.3 Å². The molecule has 0 bridgehead atoms. The zero-order valence-corrected chi connectivity index (χ0v) is 24.6. The van der Waals surface area contributed by atoms with Crippen LogP contribution in [0.15, 0.2) is 54.6 Å². The Bertz CT molecular complexity index is 1340. The topological polar surface area (TPSA) is 248 Å². The zero-order chi connectivity index (χ0) is 32.8. The SMILES string of the molecule is NC(=O)CC[C@H](NC(=O)[C@H](Cc1ccc(OC[C@@H]2CO2)cc1)NC(=O)[C@H](CCC(N)=O)NC(=O)OCc1ccccc1)C(N)=O. The Morgan fingerprint density at radius 1 is 0.756 bits per heavy atom. The van der Waals surface area contributed by atoms with Crippen LogP contribution >= 0.6 is 0 Å². The Morgan fingerprint density at radius 3 is 1.91 bits per heavy atom. The summed E-state index contributed by atoms with van der Waals surface area (Å²) in [6.45, 7) is 0.961. The molecule has 15 heteroatoms. The lowest BCUT2D eigenvalue weighted by molar-refractivity contribution is -0.132. The quantitative estimate of drug-likeness (QED) is 0.108. The molecule has 0 aliphatic carbocycles. The summed E-state index contributed by atoms with van der Waals surface area (Å²) in [4.78, 5) is 74.1. The van der Waals surface area contributed by atoms with Crippen molar-refractivity contribution < 1.29 is 43.0 Å². The van der Waals surface area contributed by atoms with Gasteiger partial charge in [-0.25, -0.2) is 4.79 Å². The maximum atomic E-state index is 13.4. The van der Waals surface area contributed by atoms with E-state index in [0.717, 1.165) is 0 Å². The Kier molecular flexibility index (Phi) is 13.1. The van der Waals surface area contributed by atoms with Gasteiger partial charge < -0.3 is 47.4 Å². The number of epoxide rings is 1. The molecule has 2 aromatic carbocycles. The van der Waals surface area contributed by atoms with Crippen LogP contribution in [0.25, 0.3) is 0 Å². The van der Waals surface area contributed by atoms with Crippen molar-refractivity contribution in [2.75, 3.05) is 13.2 Å². The van der Waals surface area contributed by atoms with Gasteiger partial charge in [-0.05, 0) is 36.1 Å². The normalized spacial score (nSPS) is 15.4. The molecular weight excluding hydrogens is 588 g/mol. The van der Waals surface area contributed by atoms with Gasteiger partial charge in [-0.3, -0.25) is 24.0 Å². The molecule has 0 aromatic heterocycles. The first kappa shape index (κ1) is 34.3. The van der Waals surface area contributed by atoms with E-state index in [1.54, 1.807) is 54.6 Å². The molecule has 2 aromatic rings. The van der Waals surface area contributed by atoms with Gasteiger partial charge in [-0.1, -0.05) is 42.5 Å². The minimum Gasteiger partial charge on any atom is -0.491 e. The lowest BCUT2D eigenvalue weighted by Gasteiger charge is -2.25. The van der Waals surface area contributed by atoms with Crippen molar-refractivity contribution in [3.05, 3.63) is 65.7 Å². The standard InChI is InChI=1S/C30H38N6O9/c31-25(37)12-10-22(27(33)39)34-29(41)24(14-18-6-8-20(9-7-18)43-16-21-17-44-21)35-28(40)23(11-13-26(32)38)36-30(42)45-15-19-4-2-1-3-5-19/h1-9,21-24H,10-17H2,(H2,31,37)(H2,32,38)(H2,33,39)(H,34,41)(H,35,40)(H,36,42)/t21-,22+,23+,24+/m1/s1. The van der Waals surface area contributed by atoms with E-state index in [9.17, 15) is 28.8 Å². The van der Waals surface area contributed by atoms with E-state index in [-0.39, 0.29) is 44.8 Å². The predicted octanol–water partition coefficient (Wildman–Crippen LogP) is -0.712. The molecule has 1 fully saturated rings. The Hall–Kier alpha value is -5.18. The molecule has 0 saturated carbocycles. The van der Waals surface area contributed by atoms with Gasteiger partial charge in [0.15, 0.2) is 0 Å². The lowest BCUT2D eigenvalue weighted by Crippen LogP contribution is -2.57. The van der Waals surface area contributed by atoms with E-state index >= 15 is 0 Å². The predicted molar refractivity (Wildman–Crippen MR) is 159 cm³/mol. The fourth-order valence-corrected chi connectivity index (χ4v) is 4.10. The summed E-state index contributed by atoms with van der Waals surface area (Å²) >= 11 is 0. The van der Waals surface area contributed by atoms with Crippen LogP contribution in [-0.2, 0) is 46.5 Å². The van der Waals surface area contributed by atoms with Gasteiger partial charge in [0.05, 0.1) is 6.61 Å². The van der Waals surface area contributed by atoms with Crippen molar-refractivity contribution >= 4 is 35.6 Å². The van der Waals surface area contributed by atoms with Crippen LogP contribution in [0, 0.1) is 0 Å². The van der Waals surface area contributed by atoms with Crippen molar-refractivity contribution in [1.82, 2.24) is 16.0 Å². The molecule has 6 amide bonds. The molecular formula is C30H38N6O9. The lowest BCUT2D eigenvalue weighted by atomic mass is 10.0. The molecule has 242 valence electrons. The highest BCUT2D eigenvalue weighted by Gasteiger charge is 2.30. The van der Waals surface area contributed by atoms with Crippen molar-refractivity contribution in [3.8, 4) is 5.75 Å². The molecule has 3 rings (SSSR count). The van der Waals surface area contributed by atoms with E-state index in [4.69, 9.17) is 31.4 Å². The number of benzene rings is 2. The second-order valence-electron chi connectivity index (χ2n) is 10.4. The molecule has 1 heterocycles. The average molecular weight is 627 g/mol. The van der Waals surface area contributed by atoms with E-state index in [1.165, 1.54) is 0 Å². The number of nitrogens with two attached hydrogens (primary N) is 3. The van der Waals surface area contributed by atoms with Crippen LogP contribution in [0.3, 0.4) is 0 Å².